The van der Waals surface area contributed by atoms with Crippen molar-refractivity contribution >= 4 is 36.7 Å². The standard InChI is InChI=1S/C12H15N4O7P.ClH/c1-2-3-13-12(24(21,22)23)7-4-6(16(19)20)5-8-9(7)15-11(18)10(17)14-8;/h4-5,12-13H,2-3H2,1H3,(H,14,17)(H,15,18)(H2,21,22,23);1H. The fourth-order valence-electron chi connectivity index (χ4n) is 2.25. The molecule has 1 aromatic carbocycles. The first kappa shape index (κ1) is 21.0. The van der Waals surface area contributed by atoms with Crippen LogP contribution in [0.1, 0.15) is 24.7 Å². The molecule has 0 saturated carbocycles. The molecule has 0 aliphatic carbocycles. The van der Waals surface area contributed by atoms with Gasteiger partial charge in [0.1, 0.15) is 5.78 Å². The summed E-state index contributed by atoms with van der Waals surface area (Å²) in [5, 5.41) is 13.7. The molecule has 2 rings (SSSR count). The number of nitro benzene ring substituents is 1. The summed E-state index contributed by atoms with van der Waals surface area (Å²) in [6.07, 6.45) is 0.552. The lowest BCUT2D eigenvalue weighted by molar-refractivity contribution is -0.384. The van der Waals surface area contributed by atoms with Gasteiger partial charge in [0.2, 0.25) is 0 Å². The van der Waals surface area contributed by atoms with Gasteiger partial charge in [0, 0.05) is 17.7 Å². The van der Waals surface area contributed by atoms with Gasteiger partial charge in [-0.1, -0.05) is 6.92 Å². The van der Waals surface area contributed by atoms with E-state index in [0.717, 1.165) is 12.1 Å². The number of non-ortho nitro benzene ring substituents is 1. The number of aromatic amines is 2. The van der Waals surface area contributed by atoms with Crippen LogP contribution in [0.25, 0.3) is 11.0 Å². The number of nitro groups is 1. The van der Waals surface area contributed by atoms with Gasteiger partial charge in [-0.3, -0.25) is 29.6 Å². The van der Waals surface area contributed by atoms with Gasteiger partial charge in [0.15, 0.2) is 0 Å². The van der Waals surface area contributed by atoms with Crippen molar-refractivity contribution < 1.29 is 19.3 Å². The zero-order valence-electron chi connectivity index (χ0n) is 12.9. The minimum absolute atomic E-state index is 0. The van der Waals surface area contributed by atoms with Crippen molar-refractivity contribution in [2.75, 3.05) is 6.54 Å². The van der Waals surface area contributed by atoms with Crippen LogP contribution in [0.5, 0.6) is 0 Å². The van der Waals surface area contributed by atoms with Crippen LogP contribution in [-0.2, 0) is 4.57 Å². The molecule has 1 aromatic heterocycles. The van der Waals surface area contributed by atoms with Crippen molar-refractivity contribution in [2.24, 2.45) is 0 Å². The SMILES string of the molecule is CCCNC(c1cc([N+](=O)[O-])cc2[nH]c(=O)c(=O)[nH]c12)P(=O)(O)O.Cl. The first-order valence-electron chi connectivity index (χ1n) is 6.88. The van der Waals surface area contributed by atoms with E-state index in [1.165, 1.54) is 0 Å². The average Bonchev–Trinajstić information content (AvgIpc) is 2.47. The molecular formula is C12H16ClN4O7P. The van der Waals surface area contributed by atoms with E-state index >= 15 is 0 Å². The Bertz CT molecular complexity index is 951. The smallest absolute Gasteiger partial charge is 0.323 e. The summed E-state index contributed by atoms with van der Waals surface area (Å²) in [6, 6.07) is 1.97. The van der Waals surface area contributed by atoms with Crippen LogP contribution < -0.4 is 16.4 Å². The highest BCUT2D eigenvalue weighted by Gasteiger charge is 2.33. The molecule has 138 valence electrons. The van der Waals surface area contributed by atoms with Crippen LogP contribution in [0.15, 0.2) is 21.7 Å². The Morgan fingerprint density at radius 3 is 2.40 bits per heavy atom. The summed E-state index contributed by atoms with van der Waals surface area (Å²) in [4.78, 5) is 56.8. The summed E-state index contributed by atoms with van der Waals surface area (Å²) in [7, 11) is -4.76. The normalized spacial score (nSPS) is 12.6. The summed E-state index contributed by atoms with van der Waals surface area (Å²) < 4.78 is 11.8. The fraction of sp³-hybridized carbons (Fsp3) is 0.333. The predicted octanol–water partition coefficient (Wildman–Crippen LogP) is 0.722. The van der Waals surface area contributed by atoms with Gasteiger partial charge >= 0.3 is 18.7 Å². The number of H-pyrrole nitrogens is 2. The topological polar surface area (TPSA) is 178 Å². The lowest BCUT2D eigenvalue weighted by Gasteiger charge is -2.21. The molecule has 1 unspecified atom stereocenters. The first-order valence-corrected chi connectivity index (χ1v) is 8.56. The molecule has 13 heteroatoms. The zero-order chi connectivity index (χ0) is 18.1. The summed E-state index contributed by atoms with van der Waals surface area (Å²) in [5.74, 6) is -1.57. The molecule has 11 nitrogen and oxygen atoms in total. The maximum atomic E-state index is 11.8. The van der Waals surface area contributed by atoms with Crippen molar-refractivity contribution in [1.82, 2.24) is 15.3 Å². The van der Waals surface area contributed by atoms with Crippen molar-refractivity contribution in [3.05, 3.63) is 48.5 Å². The van der Waals surface area contributed by atoms with E-state index in [4.69, 9.17) is 0 Å². The lowest BCUT2D eigenvalue weighted by Crippen LogP contribution is -2.30. The molecule has 1 heterocycles. The van der Waals surface area contributed by atoms with Gasteiger partial charge in [-0.2, -0.15) is 0 Å². The lowest BCUT2D eigenvalue weighted by atomic mass is 10.1. The highest BCUT2D eigenvalue weighted by molar-refractivity contribution is 7.52. The number of nitrogens with one attached hydrogen (secondary N) is 3. The second-order valence-electron chi connectivity index (χ2n) is 5.07. The summed E-state index contributed by atoms with van der Waals surface area (Å²) >= 11 is 0. The maximum Gasteiger partial charge on any atom is 0.346 e. The zero-order valence-corrected chi connectivity index (χ0v) is 14.6. The van der Waals surface area contributed by atoms with E-state index in [1.807, 2.05) is 0 Å². The Hall–Kier alpha value is -2.04. The first-order chi connectivity index (χ1) is 11.1. The number of rotatable bonds is 6. The minimum atomic E-state index is -4.76. The quantitative estimate of drug-likeness (QED) is 0.206. The van der Waals surface area contributed by atoms with E-state index in [2.05, 4.69) is 15.3 Å². The molecule has 0 amide bonds. The molecule has 2 aromatic rings. The van der Waals surface area contributed by atoms with Gasteiger partial charge in [-0.25, -0.2) is 0 Å². The maximum absolute atomic E-state index is 11.8. The minimum Gasteiger partial charge on any atom is -0.323 e. The highest BCUT2D eigenvalue weighted by Crippen LogP contribution is 2.51. The van der Waals surface area contributed by atoms with Gasteiger partial charge in [-0.15, -0.1) is 12.4 Å². The second kappa shape index (κ2) is 7.89. The molecule has 1 atom stereocenters. The molecule has 0 aliphatic heterocycles. The van der Waals surface area contributed by atoms with Crippen LogP contribution in [-0.4, -0.2) is 31.2 Å². The summed E-state index contributed by atoms with van der Waals surface area (Å²) in [5.41, 5.74) is -2.88. The average molecular weight is 395 g/mol. The molecule has 0 bridgehead atoms. The summed E-state index contributed by atoms with van der Waals surface area (Å²) in [6.45, 7) is 2.00. The molecular weight excluding hydrogens is 379 g/mol. The van der Waals surface area contributed by atoms with Gasteiger partial charge in [0.05, 0.1) is 16.0 Å². The third-order valence-corrected chi connectivity index (χ3v) is 4.41. The van der Waals surface area contributed by atoms with Crippen LogP contribution in [0, 0.1) is 10.1 Å². The molecule has 5 N–H and O–H groups in total. The Morgan fingerprint density at radius 2 is 1.88 bits per heavy atom. The van der Waals surface area contributed by atoms with Crippen molar-refractivity contribution in [1.29, 1.82) is 0 Å². The molecule has 0 fully saturated rings. The van der Waals surface area contributed by atoms with E-state index < -0.39 is 35.1 Å². The van der Waals surface area contributed by atoms with Crippen molar-refractivity contribution in [3.8, 4) is 0 Å². The largest absolute Gasteiger partial charge is 0.346 e. The Kier molecular flexibility index (Phi) is 6.63. The van der Waals surface area contributed by atoms with Crippen LogP contribution in [0.3, 0.4) is 0 Å². The van der Waals surface area contributed by atoms with E-state index in [9.17, 15) is 34.1 Å². The van der Waals surface area contributed by atoms with E-state index in [1.54, 1.807) is 6.92 Å². The molecule has 0 saturated heterocycles. The van der Waals surface area contributed by atoms with Crippen molar-refractivity contribution in [2.45, 2.75) is 19.1 Å². The number of benzene rings is 1. The Labute approximate surface area is 146 Å². The van der Waals surface area contributed by atoms with Crippen molar-refractivity contribution in [3.63, 3.8) is 0 Å². The Balaban J connectivity index is 0.00000312. The van der Waals surface area contributed by atoms with Crippen LogP contribution in [0.2, 0.25) is 0 Å². The Morgan fingerprint density at radius 1 is 1.28 bits per heavy atom. The number of nitrogens with zero attached hydrogens (tertiary/aromatic N) is 1. The van der Waals surface area contributed by atoms with Crippen LogP contribution >= 0.6 is 20.0 Å². The van der Waals surface area contributed by atoms with Gasteiger partial charge < -0.3 is 19.8 Å². The number of aromatic nitrogens is 2. The van der Waals surface area contributed by atoms with E-state index in [0.29, 0.717) is 6.42 Å². The van der Waals surface area contributed by atoms with Gasteiger partial charge in [0.25, 0.3) is 5.69 Å². The monoisotopic (exact) mass is 394 g/mol. The third kappa shape index (κ3) is 4.53. The molecule has 0 aliphatic rings. The molecule has 25 heavy (non-hydrogen) atoms. The number of hydrogen-bond donors (Lipinski definition) is 5. The predicted molar refractivity (Wildman–Crippen MR) is 92.2 cm³/mol. The number of hydrogen-bond acceptors (Lipinski definition) is 6. The molecule has 0 radical (unpaired) electrons. The second-order valence-corrected chi connectivity index (χ2v) is 6.76. The highest BCUT2D eigenvalue weighted by atomic mass is 35.5. The third-order valence-electron chi connectivity index (χ3n) is 3.28. The van der Waals surface area contributed by atoms with Gasteiger partial charge in [-0.05, 0) is 13.0 Å². The molecule has 0 spiro atoms. The van der Waals surface area contributed by atoms with E-state index in [-0.39, 0.29) is 35.5 Å². The van der Waals surface area contributed by atoms with Crippen LogP contribution in [0.4, 0.5) is 5.69 Å². The number of halogens is 1. The fourth-order valence-corrected chi connectivity index (χ4v) is 3.18. The number of fused-ring (bicyclic) bond motifs is 1.